The summed E-state index contributed by atoms with van der Waals surface area (Å²) in [5.74, 6) is 0. The molecule has 0 unspecified atom stereocenters. The van der Waals surface area contributed by atoms with E-state index in [9.17, 15) is 16.8 Å². The average Bonchev–Trinajstić information content (AvgIpc) is 2.27. The highest BCUT2D eigenvalue weighted by atomic mass is 35.5. The second-order valence-electron chi connectivity index (χ2n) is 2.15. The first-order chi connectivity index (χ1) is 6.12. The average molecular weight is 279 g/mol. The quantitative estimate of drug-likeness (QED) is 0.778. The summed E-state index contributed by atoms with van der Waals surface area (Å²) in [4.78, 5) is 0. The molecule has 1 heterocycles. The van der Waals surface area contributed by atoms with Crippen molar-refractivity contribution in [3.05, 3.63) is 11.1 Å². The van der Waals surface area contributed by atoms with Gasteiger partial charge in [0.05, 0.1) is 5.02 Å². The van der Waals surface area contributed by atoms with E-state index < -0.39 is 33.7 Å². The second kappa shape index (κ2) is 3.43. The molecule has 0 aliphatic rings. The third-order valence-electron chi connectivity index (χ3n) is 1.12. The maximum absolute atomic E-state index is 10.6. The Morgan fingerprint density at radius 2 is 1.64 bits per heavy atom. The minimum Gasteiger partial charge on any atom is -0.281 e. The van der Waals surface area contributed by atoms with Crippen molar-refractivity contribution < 1.29 is 25.9 Å². The fourth-order valence-electron chi connectivity index (χ4n) is 0.635. The molecule has 0 bridgehead atoms. The van der Waals surface area contributed by atoms with Crippen molar-refractivity contribution in [2.75, 3.05) is 0 Å². The van der Waals surface area contributed by atoms with Gasteiger partial charge in [-0.15, -0.1) is 11.3 Å². The normalized spacial score (nSPS) is 13.1. The van der Waals surface area contributed by atoms with Crippen LogP contribution in [0.25, 0.3) is 0 Å². The predicted molar refractivity (Wildman–Crippen MR) is 49.0 cm³/mol. The molecular weight excluding hydrogens is 276 g/mol. The van der Waals surface area contributed by atoms with Crippen molar-refractivity contribution >= 4 is 43.2 Å². The van der Waals surface area contributed by atoms with Crippen LogP contribution in [0.2, 0.25) is 5.02 Å². The van der Waals surface area contributed by atoms with Crippen LogP contribution in [0, 0.1) is 0 Å². The Labute approximate surface area is 88.6 Å². The summed E-state index contributed by atoms with van der Waals surface area (Å²) < 4.78 is 58.1. The fourth-order valence-corrected chi connectivity index (χ4v) is 3.89. The van der Waals surface area contributed by atoms with Crippen LogP contribution in [0.3, 0.4) is 0 Å². The second-order valence-corrected chi connectivity index (χ2v) is 6.88. The third-order valence-corrected chi connectivity index (χ3v) is 5.45. The van der Waals surface area contributed by atoms with Crippen LogP contribution in [0.1, 0.15) is 0 Å². The Balaban J connectivity index is 3.49. The van der Waals surface area contributed by atoms with Gasteiger partial charge in [-0.1, -0.05) is 11.6 Å². The lowest BCUT2D eigenvalue weighted by molar-refractivity contribution is 0.483. The Kier molecular flexibility index (Phi) is 2.91. The Morgan fingerprint density at radius 1 is 1.14 bits per heavy atom. The van der Waals surface area contributed by atoms with Gasteiger partial charge in [-0.05, 0) is 6.07 Å². The van der Waals surface area contributed by atoms with E-state index in [1.165, 1.54) is 0 Å². The van der Waals surface area contributed by atoms with E-state index >= 15 is 0 Å². The van der Waals surface area contributed by atoms with Crippen molar-refractivity contribution in [3.63, 3.8) is 0 Å². The summed E-state index contributed by atoms with van der Waals surface area (Å²) in [6, 6.07) is 0.741. The summed E-state index contributed by atoms with van der Waals surface area (Å²) in [5, 5.41) is -0.454. The first kappa shape index (κ1) is 11.9. The Hall–Kier alpha value is -0.190. The molecule has 6 nitrogen and oxygen atoms in total. The molecule has 2 N–H and O–H groups in total. The molecule has 0 saturated heterocycles. The lowest BCUT2D eigenvalue weighted by atomic mass is 10.7. The fraction of sp³-hybridized carbons (Fsp3) is 0. The number of halogens is 1. The number of hydrogen-bond donors (Lipinski definition) is 2. The molecule has 14 heavy (non-hydrogen) atoms. The Morgan fingerprint density at radius 3 is 1.86 bits per heavy atom. The highest BCUT2D eigenvalue weighted by Crippen LogP contribution is 2.33. The van der Waals surface area contributed by atoms with Gasteiger partial charge in [-0.3, -0.25) is 9.11 Å². The van der Waals surface area contributed by atoms with Gasteiger partial charge in [0.1, 0.15) is 4.21 Å². The van der Waals surface area contributed by atoms with Crippen molar-refractivity contribution in [1.82, 2.24) is 0 Å². The zero-order valence-electron chi connectivity index (χ0n) is 6.21. The minimum absolute atomic E-state index is 0.166. The monoisotopic (exact) mass is 278 g/mol. The SMILES string of the molecule is O=S(=O)(O)c1cc(Cl)c(S(=O)(=O)O)s1. The molecule has 0 radical (unpaired) electrons. The maximum Gasteiger partial charge on any atom is 0.305 e. The molecule has 0 amide bonds. The summed E-state index contributed by atoms with van der Waals surface area (Å²) in [6.45, 7) is 0. The molecule has 80 valence electrons. The first-order valence-corrected chi connectivity index (χ1v) is 6.94. The van der Waals surface area contributed by atoms with Crippen molar-refractivity contribution in [3.8, 4) is 0 Å². The van der Waals surface area contributed by atoms with E-state index in [4.69, 9.17) is 20.7 Å². The minimum atomic E-state index is -4.56. The van der Waals surface area contributed by atoms with Crippen LogP contribution in [0.15, 0.2) is 14.5 Å². The van der Waals surface area contributed by atoms with E-state index in [1.54, 1.807) is 0 Å². The molecule has 0 atom stereocenters. The van der Waals surface area contributed by atoms with Gasteiger partial charge in [0.25, 0.3) is 0 Å². The van der Waals surface area contributed by atoms with Crippen LogP contribution in [-0.4, -0.2) is 25.9 Å². The molecule has 1 aromatic heterocycles. The van der Waals surface area contributed by atoms with Crippen LogP contribution >= 0.6 is 22.9 Å². The van der Waals surface area contributed by atoms with E-state index in [2.05, 4.69) is 0 Å². The molecule has 1 rings (SSSR count). The molecule has 0 spiro atoms. The molecule has 0 saturated carbocycles. The van der Waals surface area contributed by atoms with Gasteiger partial charge in [-0.25, -0.2) is 0 Å². The lowest BCUT2D eigenvalue weighted by Crippen LogP contribution is -1.95. The van der Waals surface area contributed by atoms with Crippen LogP contribution in [0.5, 0.6) is 0 Å². The lowest BCUT2D eigenvalue weighted by Gasteiger charge is -1.89. The van der Waals surface area contributed by atoms with E-state index in [-0.39, 0.29) is 11.3 Å². The first-order valence-electron chi connectivity index (χ1n) is 2.86. The Bertz CT molecular complexity index is 552. The van der Waals surface area contributed by atoms with Gasteiger partial charge in [0.15, 0.2) is 4.21 Å². The highest BCUT2D eigenvalue weighted by molar-refractivity contribution is 7.90. The predicted octanol–water partition coefficient (Wildman–Crippen LogP) is 0.895. The molecule has 0 aliphatic heterocycles. The van der Waals surface area contributed by atoms with Crippen molar-refractivity contribution in [2.24, 2.45) is 0 Å². The van der Waals surface area contributed by atoms with Gasteiger partial charge in [0, 0.05) is 0 Å². The summed E-state index contributed by atoms with van der Waals surface area (Å²) in [7, 11) is -9.07. The summed E-state index contributed by atoms with van der Waals surface area (Å²) in [5.41, 5.74) is 0. The number of rotatable bonds is 2. The largest absolute Gasteiger partial charge is 0.305 e. The van der Waals surface area contributed by atoms with Crippen molar-refractivity contribution in [2.45, 2.75) is 8.42 Å². The molecule has 10 heteroatoms. The van der Waals surface area contributed by atoms with Crippen molar-refractivity contribution in [1.29, 1.82) is 0 Å². The van der Waals surface area contributed by atoms with Crippen LogP contribution in [0.4, 0.5) is 0 Å². The van der Waals surface area contributed by atoms with Crippen LogP contribution in [-0.2, 0) is 20.2 Å². The molecule has 0 fully saturated rings. The summed E-state index contributed by atoms with van der Waals surface area (Å²) in [6.07, 6.45) is 0. The van der Waals surface area contributed by atoms with E-state index in [0.717, 1.165) is 6.07 Å². The number of thiophene rings is 1. The summed E-state index contributed by atoms with van der Waals surface area (Å²) >= 11 is 5.50. The van der Waals surface area contributed by atoms with E-state index in [1.807, 2.05) is 0 Å². The molecule has 1 aromatic rings. The molecule has 0 aliphatic carbocycles. The molecular formula is C4H3ClO6S3. The zero-order valence-corrected chi connectivity index (χ0v) is 9.41. The topological polar surface area (TPSA) is 109 Å². The molecule has 0 aromatic carbocycles. The third kappa shape index (κ3) is 2.43. The maximum atomic E-state index is 10.6. The highest BCUT2D eigenvalue weighted by Gasteiger charge is 2.23. The van der Waals surface area contributed by atoms with E-state index in [0.29, 0.717) is 0 Å². The van der Waals surface area contributed by atoms with Gasteiger partial charge in [-0.2, -0.15) is 16.8 Å². The zero-order chi connectivity index (χ0) is 11.1. The van der Waals surface area contributed by atoms with Crippen LogP contribution < -0.4 is 0 Å². The van der Waals surface area contributed by atoms with Gasteiger partial charge >= 0.3 is 20.2 Å². The number of hydrogen-bond acceptors (Lipinski definition) is 5. The van der Waals surface area contributed by atoms with Gasteiger partial charge in [0.2, 0.25) is 0 Å². The smallest absolute Gasteiger partial charge is 0.281 e. The van der Waals surface area contributed by atoms with Gasteiger partial charge < -0.3 is 0 Å². The standard InChI is InChI=1S/C4H3ClO6S3/c5-2-1-3(13(6,7)8)12-4(2)14(9,10)11/h1H,(H,6,7,8)(H,9,10,11).